The molecule has 1 aromatic carbocycles. The van der Waals surface area contributed by atoms with Crippen LogP contribution in [-0.2, 0) is 40.3 Å². The van der Waals surface area contributed by atoms with Gasteiger partial charge in [-0.15, -0.1) is 0 Å². The summed E-state index contributed by atoms with van der Waals surface area (Å²) in [7, 11) is 1.68. The van der Waals surface area contributed by atoms with Crippen LogP contribution in [0.5, 0.6) is 0 Å². The molecule has 14 nitrogen and oxygen atoms in total. The predicted molar refractivity (Wildman–Crippen MR) is 214 cm³/mol. The molecule has 306 valence electrons. The smallest absolute Gasteiger partial charge is 0.308 e. The number of aryl methyl sites for hydroxylation is 2. The van der Waals surface area contributed by atoms with Gasteiger partial charge in [0.25, 0.3) is 5.56 Å². The second-order valence-corrected chi connectivity index (χ2v) is 15.1. The highest BCUT2D eigenvalue weighted by atomic mass is 16.6. The third-order valence-electron chi connectivity index (χ3n) is 9.65. The lowest BCUT2D eigenvalue weighted by molar-refractivity contribution is -0.156. The highest BCUT2D eigenvalue weighted by Crippen LogP contribution is 2.34. The Morgan fingerprint density at radius 3 is 2.04 bits per heavy atom. The maximum atomic E-state index is 12.5. The molecule has 1 aliphatic rings. The van der Waals surface area contributed by atoms with E-state index in [0.29, 0.717) is 83.2 Å². The van der Waals surface area contributed by atoms with Gasteiger partial charge in [-0.3, -0.25) is 14.6 Å². The number of nitrogens with zero attached hydrogens (tertiary/aromatic N) is 6. The number of piperidine rings is 1. The van der Waals surface area contributed by atoms with Crippen LogP contribution in [0.25, 0.3) is 22.6 Å². The molecule has 0 bridgehead atoms. The van der Waals surface area contributed by atoms with E-state index in [9.17, 15) is 9.59 Å². The number of esters is 1. The van der Waals surface area contributed by atoms with Gasteiger partial charge in [0.15, 0.2) is 5.82 Å². The second kappa shape index (κ2) is 21.5. The molecule has 0 saturated carbocycles. The molecule has 4 aromatic rings. The van der Waals surface area contributed by atoms with E-state index in [2.05, 4.69) is 51.8 Å². The fourth-order valence-electron chi connectivity index (χ4n) is 6.73. The summed E-state index contributed by atoms with van der Waals surface area (Å²) in [5.74, 6) is 0.811. The number of aromatic nitrogens is 5. The van der Waals surface area contributed by atoms with Crippen LogP contribution >= 0.6 is 0 Å². The van der Waals surface area contributed by atoms with Gasteiger partial charge in [0.05, 0.1) is 90.2 Å². The normalized spacial score (nSPS) is 14.8. The van der Waals surface area contributed by atoms with E-state index in [1.54, 1.807) is 7.05 Å². The SMILES string of the molecule is Cc1cc(-c2nc3cnc(C4CCN(CCOCCOCCOCCOCCOCCC(=O)OC(C)(C)C)CC4)cc3n2C(C)c2ccccc2)nn(C)c1=O. The summed E-state index contributed by atoms with van der Waals surface area (Å²) in [6.07, 6.45) is 4.16. The van der Waals surface area contributed by atoms with Crippen LogP contribution in [0.2, 0.25) is 0 Å². The van der Waals surface area contributed by atoms with E-state index >= 15 is 0 Å². The molecule has 0 amide bonds. The standard InChI is InChI=1S/C42H60N6O8/c1-31-28-36(45-46(6)41(31)50)40-44-37-30-43-35(29-38(37)48(40)32(2)33-10-8-7-9-11-33)34-12-15-47(16-13-34)17-19-52-21-23-54-25-27-55-26-24-53-22-20-51-18-14-39(49)56-42(3,4)5/h7-11,28-30,32,34H,12-27H2,1-6H3. The number of rotatable bonds is 22. The fourth-order valence-corrected chi connectivity index (χ4v) is 6.73. The van der Waals surface area contributed by atoms with E-state index in [1.165, 1.54) is 4.68 Å². The maximum Gasteiger partial charge on any atom is 0.308 e. The van der Waals surface area contributed by atoms with Crippen molar-refractivity contribution in [2.75, 3.05) is 85.7 Å². The van der Waals surface area contributed by atoms with Gasteiger partial charge in [0, 0.05) is 30.8 Å². The summed E-state index contributed by atoms with van der Waals surface area (Å²) in [6.45, 7) is 17.2. The van der Waals surface area contributed by atoms with Crippen molar-refractivity contribution < 1.29 is 33.2 Å². The molecule has 4 heterocycles. The van der Waals surface area contributed by atoms with Crippen LogP contribution in [0.3, 0.4) is 0 Å². The molecule has 5 rings (SSSR count). The molecule has 1 aliphatic heterocycles. The molecule has 0 N–H and O–H groups in total. The number of hydrogen-bond acceptors (Lipinski definition) is 12. The molecule has 1 unspecified atom stereocenters. The Balaban J connectivity index is 0.969. The van der Waals surface area contributed by atoms with Crippen molar-refractivity contribution in [1.29, 1.82) is 0 Å². The zero-order chi connectivity index (χ0) is 39.9. The quantitative estimate of drug-likeness (QED) is 0.0775. The summed E-state index contributed by atoms with van der Waals surface area (Å²) in [4.78, 5) is 36.5. The average molecular weight is 777 g/mol. The van der Waals surface area contributed by atoms with Gasteiger partial charge in [0.1, 0.15) is 16.8 Å². The third-order valence-corrected chi connectivity index (χ3v) is 9.65. The zero-order valence-corrected chi connectivity index (χ0v) is 34.0. The Hall–Kier alpha value is -4.05. The van der Waals surface area contributed by atoms with E-state index in [0.717, 1.165) is 60.6 Å². The van der Waals surface area contributed by atoms with Crippen LogP contribution < -0.4 is 5.56 Å². The van der Waals surface area contributed by atoms with Crippen LogP contribution in [0, 0.1) is 6.92 Å². The highest BCUT2D eigenvalue weighted by Gasteiger charge is 2.25. The monoisotopic (exact) mass is 776 g/mol. The number of likely N-dealkylation sites (tertiary alicyclic amines) is 1. The van der Waals surface area contributed by atoms with Gasteiger partial charge in [-0.1, -0.05) is 30.3 Å². The Morgan fingerprint density at radius 1 is 0.857 bits per heavy atom. The molecule has 0 aliphatic carbocycles. The first-order valence-corrected chi connectivity index (χ1v) is 19.8. The number of carbonyl (C=O) groups is 1. The number of benzene rings is 1. The molecular weight excluding hydrogens is 716 g/mol. The fraction of sp³-hybridized carbons (Fsp3) is 0.595. The van der Waals surface area contributed by atoms with E-state index < -0.39 is 5.60 Å². The van der Waals surface area contributed by atoms with Crippen LogP contribution in [0.4, 0.5) is 0 Å². The summed E-state index contributed by atoms with van der Waals surface area (Å²) in [6, 6.07) is 14.4. The molecule has 1 saturated heterocycles. The number of pyridine rings is 1. The number of fused-ring (bicyclic) bond motifs is 1. The van der Waals surface area contributed by atoms with Gasteiger partial charge in [-0.25, -0.2) is 9.67 Å². The molecular formula is C42H60N6O8. The Bertz CT molecular complexity index is 1840. The molecule has 14 heteroatoms. The summed E-state index contributed by atoms with van der Waals surface area (Å²) < 4.78 is 36.8. The molecule has 1 fully saturated rings. The minimum Gasteiger partial charge on any atom is -0.460 e. The second-order valence-electron chi connectivity index (χ2n) is 15.1. The summed E-state index contributed by atoms with van der Waals surface area (Å²) >= 11 is 0. The number of imidazole rings is 1. The van der Waals surface area contributed by atoms with Crippen molar-refractivity contribution in [3.8, 4) is 11.5 Å². The van der Waals surface area contributed by atoms with Crippen molar-refractivity contribution in [2.24, 2.45) is 7.05 Å². The lowest BCUT2D eigenvalue weighted by Gasteiger charge is -2.31. The van der Waals surface area contributed by atoms with Crippen molar-refractivity contribution in [2.45, 2.75) is 71.4 Å². The summed E-state index contributed by atoms with van der Waals surface area (Å²) in [5.41, 5.74) is 4.76. The zero-order valence-electron chi connectivity index (χ0n) is 34.0. The van der Waals surface area contributed by atoms with Crippen LogP contribution in [-0.4, -0.2) is 126 Å². The Kier molecular flexibility index (Phi) is 16.5. The predicted octanol–water partition coefficient (Wildman–Crippen LogP) is 5.10. The van der Waals surface area contributed by atoms with Crippen molar-refractivity contribution in [3.63, 3.8) is 0 Å². The first kappa shape index (κ1) is 43.1. The van der Waals surface area contributed by atoms with Crippen LogP contribution in [0.15, 0.2) is 53.5 Å². The van der Waals surface area contributed by atoms with Crippen LogP contribution in [0.1, 0.15) is 75.7 Å². The molecule has 0 radical (unpaired) electrons. The lowest BCUT2D eigenvalue weighted by Crippen LogP contribution is -2.35. The minimum atomic E-state index is -0.479. The van der Waals surface area contributed by atoms with Gasteiger partial charge >= 0.3 is 5.97 Å². The maximum absolute atomic E-state index is 12.5. The summed E-state index contributed by atoms with van der Waals surface area (Å²) in [5, 5.41) is 4.59. The van der Waals surface area contributed by atoms with Gasteiger partial charge < -0.3 is 37.9 Å². The van der Waals surface area contributed by atoms with Crippen molar-refractivity contribution in [3.05, 3.63) is 75.8 Å². The number of hydrogen-bond donors (Lipinski definition) is 0. The topological polar surface area (TPSA) is 141 Å². The van der Waals surface area contributed by atoms with Crippen molar-refractivity contribution >= 4 is 17.0 Å². The largest absolute Gasteiger partial charge is 0.460 e. The molecule has 3 aromatic heterocycles. The lowest BCUT2D eigenvalue weighted by atomic mass is 9.93. The van der Waals surface area contributed by atoms with Gasteiger partial charge in [-0.2, -0.15) is 5.10 Å². The van der Waals surface area contributed by atoms with Gasteiger partial charge in [-0.05, 0) is 78.2 Å². The number of ether oxygens (including phenoxy) is 6. The molecule has 1 atom stereocenters. The van der Waals surface area contributed by atoms with Crippen molar-refractivity contribution in [1.82, 2.24) is 29.2 Å². The molecule has 0 spiro atoms. The average Bonchev–Trinajstić information content (AvgIpc) is 3.56. The van der Waals surface area contributed by atoms with E-state index in [-0.39, 0.29) is 24.0 Å². The Labute approximate surface area is 330 Å². The first-order chi connectivity index (χ1) is 27.0. The van der Waals surface area contributed by atoms with Gasteiger partial charge in [0.2, 0.25) is 0 Å². The first-order valence-electron chi connectivity index (χ1n) is 19.8. The highest BCUT2D eigenvalue weighted by molar-refractivity contribution is 5.80. The van der Waals surface area contributed by atoms with E-state index in [4.69, 9.17) is 38.4 Å². The minimum absolute atomic E-state index is 0.0140. The van der Waals surface area contributed by atoms with E-state index in [1.807, 2.05) is 46.0 Å². The number of carbonyl (C=O) groups excluding carboxylic acids is 1. The third kappa shape index (κ3) is 13.0. The Morgan fingerprint density at radius 2 is 1.45 bits per heavy atom. The molecule has 56 heavy (non-hydrogen) atoms.